The Bertz CT molecular complexity index is 1970. The van der Waals surface area contributed by atoms with Crippen molar-refractivity contribution in [2.45, 2.75) is 98.0 Å². The average molecular weight is 832 g/mol. The topological polar surface area (TPSA) is 131 Å². The van der Waals surface area contributed by atoms with Crippen LogP contribution in [0.1, 0.15) is 76.8 Å². The van der Waals surface area contributed by atoms with Crippen molar-refractivity contribution >= 4 is 80.6 Å². The number of carbonyl (C=O) groups excluding carboxylic acids is 3. The minimum Gasteiger partial charge on any atom is -0.464 e. The number of rotatable bonds is 6. The van der Waals surface area contributed by atoms with Crippen LogP contribution in [0.2, 0.25) is 0 Å². The van der Waals surface area contributed by atoms with Crippen LogP contribution in [-0.2, 0) is 38.4 Å². The quantitative estimate of drug-likeness (QED) is 0.212. The summed E-state index contributed by atoms with van der Waals surface area (Å²) in [6.45, 7) is 13.5. The molecule has 1 fully saturated rings. The molecule has 6 bridgehead atoms. The summed E-state index contributed by atoms with van der Waals surface area (Å²) in [6.07, 6.45) is 3.55. The molecule has 3 aromatic heterocycles. The summed E-state index contributed by atoms with van der Waals surface area (Å²) in [5, 5.41) is 8.23. The van der Waals surface area contributed by atoms with E-state index in [-0.39, 0.29) is 77.6 Å². The van der Waals surface area contributed by atoms with Crippen LogP contribution in [0, 0.1) is 5.41 Å². The Hall–Kier alpha value is -3.28. The summed E-state index contributed by atoms with van der Waals surface area (Å²) in [5.41, 5.74) is 9.58. The molecule has 55 heavy (non-hydrogen) atoms. The number of benzene rings is 1. The van der Waals surface area contributed by atoms with Gasteiger partial charge in [0.25, 0.3) is 5.91 Å². The van der Waals surface area contributed by atoms with E-state index in [0.717, 1.165) is 56.2 Å². The SMILES string of the molecule is CCn1c(-c2cccnc2[C@H](C)OC)c2c3cc(ccc31)-c1csc(n1)C[C@H](NC(=O)N(C)C(C)C)C(=O)N1CCC[C@H](N1)C(=O)OCC(C)(C)C2.S.S.S. The molecule has 1 aromatic carbocycles. The number of esters is 1. The van der Waals surface area contributed by atoms with E-state index in [4.69, 9.17) is 19.4 Å². The van der Waals surface area contributed by atoms with E-state index >= 15 is 0 Å². The van der Waals surface area contributed by atoms with Crippen molar-refractivity contribution in [3.63, 3.8) is 0 Å². The third kappa shape index (κ3) is 9.82. The van der Waals surface area contributed by atoms with Crippen LogP contribution < -0.4 is 10.7 Å². The number of ether oxygens (including phenoxy) is 2. The van der Waals surface area contributed by atoms with Crippen molar-refractivity contribution in [1.29, 1.82) is 0 Å². The molecule has 4 aromatic rings. The Balaban J connectivity index is 0.00000271. The Kier molecular flexibility index (Phi) is 16.1. The highest BCUT2D eigenvalue weighted by molar-refractivity contribution is 7.59. The second-order valence-corrected chi connectivity index (χ2v) is 15.9. The number of hydrogen-bond acceptors (Lipinski definition) is 9. The van der Waals surface area contributed by atoms with Crippen LogP contribution >= 0.6 is 51.8 Å². The van der Waals surface area contributed by atoms with Crippen molar-refractivity contribution in [2.24, 2.45) is 5.41 Å². The molecule has 302 valence electrons. The zero-order valence-electron chi connectivity index (χ0n) is 33.0. The second kappa shape index (κ2) is 19.2. The van der Waals surface area contributed by atoms with Crippen LogP contribution in [0.3, 0.4) is 0 Å². The number of nitrogens with one attached hydrogen (secondary N) is 2. The lowest BCUT2D eigenvalue weighted by Gasteiger charge is -2.36. The number of pyridine rings is 1. The van der Waals surface area contributed by atoms with Gasteiger partial charge in [-0.05, 0) is 76.8 Å². The summed E-state index contributed by atoms with van der Waals surface area (Å²) in [5.74, 6) is -0.725. The van der Waals surface area contributed by atoms with E-state index in [2.05, 4.69) is 60.3 Å². The van der Waals surface area contributed by atoms with E-state index in [1.807, 2.05) is 32.2 Å². The van der Waals surface area contributed by atoms with Crippen LogP contribution in [0.25, 0.3) is 33.4 Å². The maximum absolute atomic E-state index is 14.1. The molecule has 0 radical (unpaired) electrons. The largest absolute Gasteiger partial charge is 0.464 e. The van der Waals surface area contributed by atoms with Crippen LogP contribution in [0.4, 0.5) is 4.79 Å². The van der Waals surface area contributed by atoms with Crippen molar-refractivity contribution in [3.8, 4) is 22.5 Å². The fourth-order valence-corrected chi connectivity index (χ4v) is 7.90. The summed E-state index contributed by atoms with van der Waals surface area (Å²) in [7, 11) is 3.40. The van der Waals surface area contributed by atoms with Gasteiger partial charge in [0.15, 0.2) is 0 Å². The van der Waals surface area contributed by atoms with E-state index < -0.39 is 23.5 Å². The van der Waals surface area contributed by atoms with Gasteiger partial charge in [-0.25, -0.2) is 15.2 Å². The molecule has 1 saturated heterocycles. The van der Waals surface area contributed by atoms with Gasteiger partial charge in [-0.1, -0.05) is 19.9 Å². The Morgan fingerprint density at radius 1 is 1.18 bits per heavy atom. The molecule has 0 unspecified atom stereocenters. The minimum atomic E-state index is -0.897. The number of thiazole rings is 1. The van der Waals surface area contributed by atoms with Crippen molar-refractivity contribution in [2.75, 3.05) is 27.3 Å². The van der Waals surface area contributed by atoms with Gasteiger partial charge < -0.3 is 24.3 Å². The molecule has 12 nitrogen and oxygen atoms in total. The standard InChI is InChI=1S/C39H51N7O5S.3H2S/c1-9-45-32-15-14-25-18-27(32)28(35(45)26-12-10-16-40-34(26)24(4)50-8)20-39(5,6)22-51-37(48)29-13-11-17-46(43-29)36(47)30(19-33-41-31(25)21-52-33)42-38(49)44(7)23(2)3;;;/h10,12,14-16,18,21,23-24,29-30,43H,9,11,13,17,19-20,22H2,1-8H3,(H,42,49);3*1H2/t24-,29-,30-;;;/m0.../s1. The molecule has 2 N–H and O–H groups in total. The zero-order valence-corrected chi connectivity index (χ0v) is 36.8. The number of cyclic esters (lactones) is 1. The van der Waals surface area contributed by atoms with Gasteiger partial charge >= 0.3 is 12.0 Å². The maximum Gasteiger partial charge on any atom is 0.324 e. The summed E-state index contributed by atoms with van der Waals surface area (Å²) in [6, 6.07) is 8.50. The smallest absolute Gasteiger partial charge is 0.324 e. The molecule has 0 spiro atoms. The van der Waals surface area contributed by atoms with Crippen molar-refractivity contribution in [1.82, 2.24) is 35.2 Å². The first-order valence-corrected chi connectivity index (χ1v) is 19.0. The highest BCUT2D eigenvalue weighted by Gasteiger charge is 2.36. The number of amides is 3. The van der Waals surface area contributed by atoms with E-state index in [1.54, 1.807) is 25.3 Å². The number of aryl methyl sites for hydroxylation is 1. The lowest BCUT2D eigenvalue weighted by molar-refractivity contribution is -0.155. The second-order valence-electron chi connectivity index (χ2n) is 14.9. The highest BCUT2D eigenvalue weighted by Crippen LogP contribution is 2.42. The number of nitrogens with zero attached hydrogens (tertiary/aromatic N) is 5. The first-order valence-electron chi connectivity index (χ1n) is 18.2. The van der Waals surface area contributed by atoms with Gasteiger partial charge in [0.2, 0.25) is 0 Å². The fraction of sp³-hybridized carbons (Fsp3) is 0.513. The number of urea groups is 1. The molecule has 2 aliphatic heterocycles. The van der Waals surface area contributed by atoms with Gasteiger partial charge in [-0.2, -0.15) is 40.5 Å². The molecule has 5 heterocycles. The molecule has 16 heteroatoms. The van der Waals surface area contributed by atoms with Gasteiger partial charge in [0.05, 0.1) is 34.8 Å². The van der Waals surface area contributed by atoms with E-state index in [9.17, 15) is 14.4 Å². The molecular formula is C39H57N7O5S4. The highest BCUT2D eigenvalue weighted by atomic mass is 32.1. The summed E-state index contributed by atoms with van der Waals surface area (Å²) in [4.78, 5) is 52.2. The van der Waals surface area contributed by atoms with Crippen LogP contribution in [0.15, 0.2) is 41.9 Å². The average Bonchev–Trinajstić information content (AvgIpc) is 3.73. The van der Waals surface area contributed by atoms with Crippen molar-refractivity contribution in [3.05, 3.63) is 58.2 Å². The number of hydrazine groups is 1. The molecule has 3 amide bonds. The van der Waals surface area contributed by atoms with E-state index in [0.29, 0.717) is 25.8 Å². The van der Waals surface area contributed by atoms with Crippen LogP contribution in [-0.4, -0.2) is 87.8 Å². The summed E-state index contributed by atoms with van der Waals surface area (Å²) >= 11 is 1.46. The van der Waals surface area contributed by atoms with Crippen LogP contribution in [0.5, 0.6) is 0 Å². The molecule has 2 aliphatic rings. The molecule has 6 rings (SSSR count). The summed E-state index contributed by atoms with van der Waals surface area (Å²) < 4.78 is 14.2. The monoisotopic (exact) mass is 831 g/mol. The van der Waals surface area contributed by atoms with Crippen molar-refractivity contribution < 1.29 is 23.9 Å². The number of fused-ring (bicyclic) bond motifs is 6. The molecule has 0 aliphatic carbocycles. The van der Waals surface area contributed by atoms with Gasteiger partial charge in [0, 0.05) is 78.7 Å². The zero-order chi connectivity index (χ0) is 37.3. The third-order valence-electron chi connectivity index (χ3n) is 10.2. The predicted octanol–water partition coefficient (Wildman–Crippen LogP) is 6.47. The van der Waals surface area contributed by atoms with Gasteiger partial charge in [-0.15, -0.1) is 11.3 Å². The predicted molar refractivity (Wildman–Crippen MR) is 234 cm³/mol. The molecule has 3 atom stereocenters. The van der Waals surface area contributed by atoms with Gasteiger partial charge in [0.1, 0.15) is 12.1 Å². The Labute approximate surface area is 349 Å². The Morgan fingerprint density at radius 2 is 1.93 bits per heavy atom. The molecule has 0 saturated carbocycles. The number of aromatic nitrogens is 3. The lowest BCUT2D eigenvalue weighted by atomic mass is 9.84. The number of methoxy groups -OCH3 is 1. The number of carbonyl (C=O) groups is 3. The lowest BCUT2D eigenvalue weighted by Crippen LogP contribution is -2.61. The minimum absolute atomic E-state index is 0. The van der Waals surface area contributed by atoms with Gasteiger partial charge in [-0.3, -0.25) is 19.6 Å². The first kappa shape index (κ1) is 46.1. The Morgan fingerprint density at radius 3 is 2.62 bits per heavy atom. The normalized spacial score (nSPS) is 19.0. The first-order chi connectivity index (χ1) is 24.8. The van der Waals surface area contributed by atoms with E-state index in [1.165, 1.54) is 16.3 Å². The maximum atomic E-state index is 14.1. The third-order valence-corrected chi connectivity index (χ3v) is 11.1. The molecular weight excluding hydrogens is 775 g/mol. The number of hydrogen-bond donors (Lipinski definition) is 2. The fourth-order valence-electron chi connectivity index (χ4n) is 7.05.